The predicted molar refractivity (Wildman–Crippen MR) is 67.9 cm³/mol. The van der Waals surface area contributed by atoms with Gasteiger partial charge in [-0.15, -0.1) is 0 Å². The summed E-state index contributed by atoms with van der Waals surface area (Å²) >= 11 is 0. The summed E-state index contributed by atoms with van der Waals surface area (Å²) in [5.74, 6) is 0.434. The van der Waals surface area contributed by atoms with Gasteiger partial charge < -0.3 is 9.47 Å². The molecular weight excluding hydrogens is 224 g/mol. The molecule has 1 aliphatic rings. The van der Waals surface area contributed by atoms with Gasteiger partial charge in [0.15, 0.2) is 0 Å². The van der Waals surface area contributed by atoms with Crippen molar-refractivity contribution in [3.8, 4) is 0 Å². The molecular formula is C12H23O3S+. The van der Waals surface area contributed by atoms with Crippen molar-refractivity contribution < 1.29 is 14.3 Å². The van der Waals surface area contributed by atoms with Crippen molar-refractivity contribution in [1.29, 1.82) is 0 Å². The molecule has 0 saturated heterocycles. The standard InChI is InChI=1S/C12H23O3S/c1-16(2)10-12(13)15-9-8-14-11-6-4-3-5-7-11/h11H,3-10H2,1-2H3/q+1. The van der Waals surface area contributed by atoms with Crippen LogP contribution >= 0.6 is 0 Å². The Morgan fingerprint density at radius 1 is 1.19 bits per heavy atom. The monoisotopic (exact) mass is 247 g/mol. The van der Waals surface area contributed by atoms with Crippen LogP contribution in [0.25, 0.3) is 0 Å². The van der Waals surface area contributed by atoms with Gasteiger partial charge in [0.2, 0.25) is 5.75 Å². The lowest BCUT2D eigenvalue weighted by atomic mass is 9.98. The molecule has 0 aliphatic heterocycles. The number of hydrogen-bond donors (Lipinski definition) is 0. The first-order chi connectivity index (χ1) is 7.68. The highest BCUT2D eigenvalue weighted by Gasteiger charge is 2.15. The molecule has 1 aliphatic carbocycles. The van der Waals surface area contributed by atoms with Crippen molar-refractivity contribution in [1.82, 2.24) is 0 Å². The summed E-state index contributed by atoms with van der Waals surface area (Å²) in [6, 6.07) is 0. The molecule has 1 saturated carbocycles. The zero-order valence-electron chi connectivity index (χ0n) is 10.4. The van der Waals surface area contributed by atoms with E-state index in [1.807, 2.05) is 12.5 Å². The molecule has 0 heterocycles. The van der Waals surface area contributed by atoms with Crippen LogP contribution in [-0.2, 0) is 25.2 Å². The molecule has 94 valence electrons. The van der Waals surface area contributed by atoms with E-state index >= 15 is 0 Å². The van der Waals surface area contributed by atoms with Crippen molar-refractivity contribution in [2.45, 2.75) is 38.2 Å². The highest BCUT2D eigenvalue weighted by Crippen LogP contribution is 2.19. The molecule has 0 unspecified atom stereocenters. The largest absolute Gasteiger partial charge is 0.460 e. The van der Waals surface area contributed by atoms with Crippen molar-refractivity contribution in [2.24, 2.45) is 0 Å². The van der Waals surface area contributed by atoms with Crippen LogP contribution in [0.4, 0.5) is 0 Å². The molecule has 0 N–H and O–H groups in total. The van der Waals surface area contributed by atoms with Crippen LogP contribution in [-0.4, -0.2) is 43.6 Å². The third-order valence-corrected chi connectivity index (χ3v) is 3.47. The SMILES string of the molecule is C[S+](C)CC(=O)OCCOC1CCCCC1. The molecule has 0 aromatic carbocycles. The summed E-state index contributed by atoms with van der Waals surface area (Å²) in [7, 11) is 0.129. The minimum atomic E-state index is -0.0967. The summed E-state index contributed by atoms with van der Waals surface area (Å²) < 4.78 is 10.8. The average molecular weight is 247 g/mol. The molecule has 0 radical (unpaired) electrons. The third-order valence-electron chi connectivity index (χ3n) is 2.66. The summed E-state index contributed by atoms with van der Waals surface area (Å²) in [5.41, 5.74) is 0. The fourth-order valence-electron chi connectivity index (χ4n) is 1.88. The lowest BCUT2D eigenvalue weighted by Gasteiger charge is -2.21. The Kier molecular flexibility index (Phi) is 6.88. The first kappa shape index (κ1) is 13.8. The molecule has 0 spiro atoms. The molecule has 16 heavy (non-hydrogen) atoms. The van der Waals surface area contributed by atoms with Crippen molar-refractivity contribution >= 4 is 16.9 Å². The highest BCUT2D eigenvalue weighted by molar-refractivity contribution is 7.96. The Labute approximate surface area is 101 Å². The van der Waals surface area contributed by atoms with E-state index in [4.69, 9.17) is 9.47 Å². The lowest BCUT2D eigenvalue weighted by molar-refractivity contribution is -0.142. The first-order valence-electron chi connectivity index (χ1n) is 6.00. The molecule has 0 aromatic heterocycles. The summed E-state index contributed by atoms with van der Waals surface area (Å²) in [4.78, 5) is 11.2. The number of carbonyl (C=O) groups is 1. The van der Waals surface area contributed by atoms with Crippen LogP contribution in [0, 0.1) is 0 Å². The minimum absolute atomic E-state index is 0.0967. The number of esters is 1. The first-order valence-corrected chi connectivity index (χ1v) is 8.21. The Morgan fingerprint density at radius 3 is 2.50 bits per heavy atom. The van der Waals surface area contributed by atoms with Crippen LogP contribution in [0.15, 0.2) is 0 Å². The van der Waals surface area contributed by atoms with Gasteiger partial charge in [-0.1, -0.05) is 19.3 Å². The van der Waals surface area contributed by atoms with Gasteiger partial charge in [0, 0.05) is 0 Å². The maximum atomic E-state index is 11.2. The second-order valence-electron chi connectivity index (χ2n) is 4.48. The Hall–Kier alpha value is -0.220. The summed E-state index contributed by atoms with van der Waals surface area (Å²) in [6.45, 7) is 0.962. The van der Waals surface area contributed by atoms with Crippen molar-refractivity contribution in [3.63, 3.8) is 0 Å². The van der Waals surface area contributed by atoms with E-state index in [-0.39, 0.29) is 16.9 Å². The summed E-state index contributed by atoms with van der Waals surface area (Å²) in [5, 5.41) is 0. The fraction of sp³-hybridized carbons (Fsp3) is 0.917. The van der Waals surface area contributed by atoms with Crippen LogP contribution in [0.5, 0.6) is 0 Å². The molecule has 3 nitrogen and oxygen atoms in total. The lowest BCUT2D eigenvalue weighted by Crippen LogP contribution is -2.22. The molecule has 1 rings (SSSR count). The normalized spacial score (nSPS) is 17.7. The van der Waals surface area contributed by atoms with Gasteiger partial charge in [0.05, 0.1) is 25.2 Å². The van der Waals surface area contributed by atoms with Crippen molar-refractivity contribution in [2.75, 3.05) is 31.5 Å². The van der Waals surface area contributed by atoms with Gasteiger partial charge in [-0.2, -0.15) is 0 Å². The number of hydrogen-bond acceptors (Lipinski definition) is 3. The molecule has 4 heteroatoms. The Morgan fingerprint density at radius 2 is 1.88 bits per heavy atom. The third kappa shape index (κ3) is 6.38. The van der Waals surface area contributed by atoms with E-state index < -0.39 is 0 Å². The molecule has 0 atom stereocenters. The fourth-order valence-corrected chi connectivity index (χ4v) is 2.43. The maximum absolute atomic E-state index is 11.2. The average Bonchev–Trinajstić information content (AvgIpc) is 2.25. The zero-order chi connectivity index (χ0) is 11.8. The van der Waals surface area contributed by atoms with Crippen molar-refractivity contribution in [3.05, 3.63) is 0 Å². The van der Waals surface area contributed by atoms with Crippen LogP contribution in [0.2, 0.25) is 0 Å². The molecule has 1 fully saturated rings. The zero-order valence-corrected chi connectivity index (χ0v) is 11.2. The van der Waals surface area contributed by atoms with Gasteiger partial charge in [-0.3, -0.25) is 0 Å². The molecule has 0 bridgehead atoms. The number of ether oxygens (including phenoxy) is 2. The van der Waals surface area contributed by atoms with Gasteiger partial charge in [0.25, 0.3) is 0 Å². The second-order valence-corrected chi connectivity index (χ2v) is 6.74. The number of carbonyl (C=O) groups excluding carboxylic acids is 1. The predicted octanol–water partition coefficient (Wildman–Crippen LogP) is 1.76. The Balaban J connectivity index is 1.96. The van der Waals surface area contributed by atoms with E-state index in [1.54, 1.807) is 0 Å². The topological polar surface area (TPSA) is 35.5 Å². The van der Waals surface area contributed by atoms with E-state index in [2.05, 4.69) is 0 Å². The van der Waals surface area contributed by atoms with E-state index in [0.29, 0.717) is 25.1 Å². The maximum Gasteiger partial charge on any atom is 0.356 e. The Bertz CT molecular complexity index is 200. The van der Waals surface area contributed by atoms with Gasteiger partial charge in [-0.05, 0) is 23.7 Å². The summed E-state index contributed by atoms with van der Waals surface area (Å²) in [6.07, 6.45) is 10.7. The van der Waals surface area contributed by atoms with Crippen LogP contribution in [0.1, 0.15) is 32.1 Å². The van der Waals surface area contributed by atoms with E-state index in [1.165, 1.54) is 32.1 Å². The molecule has 0 aromatic rings. The molecule has 0 amide bonds. The van der Waals surface area contributed by atoms with Gasteiger partial charge in [-0.25, -0.2) is 4.79 Å². The smallest absolute Gasteiger partial charge is 0.356 e. The quantitative estimate of drug-likeness (QED) is 0.407. The van der Waals surface area contributed by atoms with E-state index in [9.17, 15) is 4.79 Å². The van der Waals surface area contributed by atoms with E-state index in [0.717, 1.165) is 0 Å². The van der Waals surface area contributed by atoms with Crippen LogP contribution in [0.3, 0.4) is 0 Å². The second kappa shape index (κ2) is 7.96. The minimum Gasteiger partial charge on any atom is -0.460 e. The highest BCUT2D eigenvalue weighted by atomic mass is 32.2. The van der Waals surface area contributed by atoms with Crippen LogP contribution < -0.4 is 0 Å². The van der Waals surface area contributed by atoms with Gasteiger partial charge >= 0.3 is 5.97 Å². The number of rotatable bonds is 6. The van der Waals surface area contributed by atoms with Gasteiger partial charge in [0.1, 0.15) is 6.61 Å².